The third-order valence-corrected chi connectivity index (χ3v) is 4.24. The number of benzene rings is 1. The Morgan fingerprint density at radius 1 is 1.30 bits per heavy atom. The Balaban J connectivity index is 2.98. The molecule has 20 heavy (non-hydrogen) atoms. The Kier molecular flexibility index (Phi) is 5.47. The lowest BCUT2D eigenvalue weighted by Crippen LogP contribution is -2.32. The van der Waals surface area contributed by atoms with Crippen LogP contribution in [0, 0.1) is 0 Å². The fourth-order valence-electron chi connectivity index (χ4n) is 1.73. The van der Waals surface area contributed by atoms with Crippen molar-refractivity contribution in [1.82, 2.24) is 9.62 Å². The molecule has 0 radical (unpaired) electrons. The highest BCUT2D eigenvalue weighted by atomic mass is 32.2. The second-order valence-corrected chi connectivity index (χ2v) is 6.39. The van der Waals surface area contributed by atoms with Gasteiger partial charge in [-0.2, -0.15) is 0 Å². The molecule has 1 aromatic rings. The van der Waals surface area contributed by atoms with Gasteiger partial charge in [0.25, 0.3) is 5.91 Å². The molecule has 5 nitrogen and oxygen atoms in total. The maximum atomic E-state index is 12.3. The molecule has 0 unspecified atom stereocenters. The Morgan fingerprint density at radius 3 is 2.25 bits per heavy atom. The van der Waals surface area contributed by atoms with Crippen molar-refractivity contribution in [3.63, 3.8) is 0 Å². The van der Waals surface area contributed by atoms with E-state index in [0.29, 0.717) is 18.7 Å². The maximum Gasteiger partial charge on any atom is 0.254 e. The van der Waals surface area contributed by atoms with Crippen LogP contribution in [0.3, 0.4) is 0 Å². The summed E-state index contributed by atoms with van der Waals surface area (Å²) in [6, 6.07) is 5.89. The molecule has 0 bridgehead atoms. The van der Waals surface area contributed by atoms with Gasteiger partial charge in [-0.15, -0.1) is 0 Å². The fraction of sp³-hybridized carbons (Fsp3) is 0.357. The highest BCUT2D eigenvalue weighted by Gasteiger charge is 2.16. The third kappa shape index (κ3) is 3.91. The molecule has 0 saturated heterocycles. The van der Waals surface area contributed by atoms with Crippen LogP contribution in [-0.2, 0) is 10.0 Å². The monoisotopic (exact) mass is 296 g/mol. The van der Waals surface area contributed by atoms with Gasteiger partial charge in [-0.25, -0.2) is 13.1 Å². The van der Waals surface area contributed by atoms with Crippen LogP contribution in [0.1, 0.15) is 24.2 Å². The van der Waals surface area contributed by atoms with Crippen molar-refractivity contribution >= 4 is 15.9 Å². The van der Waals surface area contributed by atoms with Gasteiger partial charge in [-0.1, -0.05) is 12.2 Å². The van der Waals surface area contributed by atoms with Crippen LogP contribution >= 0.6 is 0 Å². The number of sulfonamides is 1. The number of carbonyl (C=O) groups is 1. The Labute approximate surface area is 120 Å². The number of hydrogen-bond donors (Lipinski definition) is 1. The van der Waals surface area contributed by atoms with Gasteiger partial charge in [0.15, 0.2) is 0 Å². The summed E-state index contributed by atoms with van der Waals surface area (Å²) in [4.78, 5) is 14.1. The van der Waals surface area contributed by atoms with Crippen LogP contribution in [0.4, 0.5) is 0 Å². The second-order valence-electron chi connectivity index (χ2n) is 4.51. The summed E-state index contributed by atoms with van der Waals surface area (Å²) in [6.07, 6.45) is 0. The van der Waals surface area contributed by atoms with Gasteiger partial charge in [0.1, 0.15) is 0 Å². The minimum Gasteiger partial charge on any atom is -0.335 e. The standard InChI is InChI=1S/C14H20N2O3S/c1-5-16(10-11(2)3)14(17)12-6-8-13(9-7-12)20(18,19)15-4/h6-9,15H,2,5,10H2,1,3-4H3. The normalized spacial score (nSPS) is 11.2. The van der Waals surface area contributed by atoms with Gasteiger partial charge in [0.2, 0.25) is 10.0 Å². The van der Waals surface area contributed by atoms with Crippen molar-refractivity contribution in [3.05, 3.63) is 42.0 Å². The summed E-state index contributed by atoms with van der Waals surface area (Å²) in [5, 5.41) is 0. The number of nitrogens with one attached hydrogen (secondary N) is 1. The molecular formula is C14H20N2O3S. The summed E-state index contributed by atoms with van der Waals surface area (Å²) >= 11 is 0. The van der Waals surface area contributed by atoms with Gasteiger partial charge < -0.3 is 4.90 Å². The van der Waals surface area contributed by atoms with E-state index in [-0.39, 0.29) is 10.8 Å². The Hall–Kier alpha value is -1.66. The van der Waals surface area contributed by atoms with E-state index in [4.69, 9.17) is 0 Å². The van der Waals surface area contributed by atoms with Crippen molar-refractivity contribution < 1.29 is 13.2 Å². The largest absolute Gasteiger partial charge is 0.335 e. The zero-order valence-corrected chi connectivity index (χ0v) is 12.8. The van der Waals surface area contributed by atoms with Crippen molar-refractivity contribution in [1.29, 1.82) is 0 Å². The SMILES string of the molecule is C=C(C)CN(CC)C(=O)c1ccc(S(=O)(=O)NC)cc1. The predicted molar refractivity (Wildman–Crippen MR) is 79.1 cm³/mol. The number of likely N-dealkylation sites (N-methyl/N-ethyl adjacent to an activating group) is 1. The van der Waals surface area contributed by atoms with Crippen LogP contribution < -0.4 is 4.72 Å². The molecule has 6 heteroatoms. The first-order chi connectivity index (χ1) is 9.31. The molecular weight excluding hydrogens is 276 g/mol. The van der Waals surface area contributed by atoms with Crippen molar-refractivity contribution in [3.8, 4) is 0 Å². The van der Waals surface area contributed by atoms with Gasteiger partial charge in [0, 0.05) is 18.7 Å². The lowest BCUT2D eigenvalue weighted by atomic mass is 10.2. The van der Waals surface area contributed by atoms with Crippen molar-refractivity contribution in [2.24, 2.45) is 0 Å². The third-order valence-electron chi connectivity index (χ3n) is 2.81. The molecule has 0 heterocycles. The highest BCUT2D eigenvalue weighted by molar-refractivity contribution is 7.89. The number of amides is 1. The van der Waals surface area contributed by atoms with E-state index in [1.807, 2.05) is 13.8 Å². The first-order valence-electron chi connectivity index (χ1n) is 6.29. The minimum absolute atomic E-state index is 0.135. The van der Waals surface area contributed by atoms with Crippen molar-refractivity contribution in [2.45, 2.75) is 18.7 Å². The lowest BCUT2D eigenvalue weighted by molar-refractivity contribution is 0.0778. The zero-order valence-electron chi connectivity index (χ0n) is 12.0. The molecule has 0 fully saturated rings. The average molecular weight is 296 g/mol. The summed E-state index contributed by atoms with van der Waals surface area (Å²) in [5.41, 5.74) is 1.36. The van der Waals surface area contributed by atoms with E-state index in [2.05, 4.69) is 11.3 Å². The molecule has 0 saturated carbocycles. The summed E-state index contributed by atoms with van der Waals surface area (Å²) in [7, 11) is -2.13. The molecule has 0 spiro atoms. The van der Waals surface area contributed by atoms with Gasteiger partial charge in [-0.05, 0) is 45.2 Å². The Bertz CT molecular complexity index is 591. The van der Waals surface area contributed by atoms with E-state index in [1.54, 1.807) is 4.90 Å². The van der Waals surface area contributed by atoms with Crippen LogP contribution in [0.15, 0.2) is 41.3 Å². The highest BCUT2D eigenvalue weighted by Crippen LogP contribution is 2.12. The molecule has 0 atom stereocenters. The quantitative estimate of drug-likeness (QED) is 0.811. The minimum atomic E-state index is -3.47. The lowest BCUT2D eigenvalue weighted by Gasteiger charge is -2.21. The average Bonchev–Trinajstić information content (AvgIpc) is 2.44. The molecule has 0 aliphatic heterocycles. The fourth-order valence-corrected chi connectivity index (χ4v) is 2.46. The molecule has 110 valence electrons. The molecule has 1 rings (SSSR count). The van der Waals surface area contributed by atoms with Gasteiger partial charge in [-0.3, -0.25) is 4.79 Å². The number of nitrogens with zero attached hydrogens (tertiary/aromatic N) is 1. The second kappa shape index (κ2) is 6.67. The van der Waals surface area contributed by atoms with Crippen molar-refractivity contribution in [2.75, 3.05) is 20.1 Å². The van der Waals surface area contributed by atoms with Gasteiger partial charge in [0.05, 0.1) is 4.90 Å². The number of hydrogen-bond acceptors (Lipinski definition) is 3. The van der Waals surface area contributed by atoms with E-state index < -0.39 is 10.0 Å². The Morgan fingerprint density at radius 2 is 1.85 bits per heavy atom. The van der Waals surface area contributed by atoms with Gasteiger partial charge >= 0.3 is 0 Å². The molecule has 1 aromatic carbocycles. The summed E-state index contributed by atoms with van der Waals surface area (Å²) in [6.45, 7) is 8.61. The van der Waals surface area contributed by atoms with E-state index in [1.165, 1.54) is 31.3 Å². The van der Waals surface area contributed by atoms with Crippen LogP contribution in [0.2, 0.25) is 0 Å². The maximum absolute atomic E-state index is 12.3. The number of rotatable bonds is 6. The van der Waals surface area contributed by atoms with Crippen LogP contribution in [0.5, 0.6) is 0 Å². The van der Waals surface area contributed by atoms with Crippen LogP contribution in [0.25, 0.3) is 0 Å². The smallest absolute Gasteiger partial charge is 0.254 e. The molecule has 1 N–H and O–H groups in total. The number of carbonyl (C=O) groups excluding carboxylic acids is 1. The topological polar surface area (TPSA) is 66.5 Å². The molecule has 0 aliphatic carbocycles. The van der Waals surface area contributed by atoms with E-state index >= 15 is 0 Å². The summed E-state index contributed by atoms with van der Waals surface area (Å²) in [5.74, 6) is -0.135. The predicted octanol–water partition coefficient (Wildman–Crippen LogP) is 1.63. The molecule has 0 aliphatic rings. The van der Waals surface area contributed by atoms with E-state index in [9.17, 15) is 13.2 Å². The molecule has 0 aromatic heterocycles. The summed E-state index contributed by atoms with van der Waals surface area (Å²) < 4.78 is 25.4. The first kappa shape index (κ1) is 16.4. The zero-order chi connectivity index (χ0) is 15.3. The molecule has 1 amide bonds. The first-order valence-corrected chi connectivity index (χ1v) is 7.77. The van der Waals surface area contributed by atoms with Crippen LogP contribution in [-0.4, -0.2) is 39.4 Å². The van der Waals surface area contributed by atoms with E-state index in [0.717, 1.165) is 5.57 Å².